The van der Waals surface area contributed by atoms with Gasteiger partial charge in [0.15, 0.2) is 0 Å². The molecule has 0 aliphatic rings. The number of ether oxygens (including phenoxy) is 1. The molecule has 5 nitrogen and oxygen atoms in total. The summed E-state index contributed by atoms with van der Waals surface area (Å²) < 4.78 is 19.5. The van der Waals surface area contributed by atoms with Crippen molar-refractivity contribution in [1.82, 2.24) is 10.2 Å². The summed E-state index contributed by atoms with van der Waals surface area (Å²) in [5.74, 6) is -1.44. The second-order valence-corrected chi connectivity index (χ2v) is 4.26. The van der Waals surface area contributed by atoms with Crippen LogP contribution in [0.15, 0.2) is 22.7 Å². The van der Waals surface area contributed by atoms with E-state index in [2.05, 4.69) is 26.1 Å². The molecule has 18 heavy (non-hydrogen) atoms. The lowest BCUT2D eigenvalue weighted by atomic mass is 10.1. The van der Waals surface area contributed by atoms with Crippen molar-refractivity contribution in [1.29, 1.82) is 0 Å². The van der Waals surface area contributed by atoms with Gasteiger partial charge in [-0.3, -0.25) is 5.10 Å². The minimum atomic E-state index is -1.16. The number of benzene rings is 1. The third-order valence-electron chi connectivity index (χ3n) is 2.33. The molecule has 0 unspecified atom stereocenters. The third kappa shape index (κ3) is 2.08. The minimum absolute atomic E-state index is 0.107. The summed E-state index contributed by atoms with van der Waals surface area (Å²) in [5.41, 5.74) is 0.158. The number of aromatic nitrogens is 2. The van der Waals surface area contributed by atoms with Crippen LogP contribution in [-0.2, 0) is 0 Å². The number of hydrogen-bond donors (Lipinski definition) is 2. The molecule has 0 atom stereocenters. The summed E-state index contributed by atoms with van der Waals surface area (Å²) in [4.78, 5) is 10.7. The molecule has 0 saturated heterocycles. The molecule has 0 amide bonds. The summed E-state index contributed by atoms with van der Waals surface area (Å²) in [6, 6.07) is 4.00. The first-order valence-corrected chi connectivity index (χ1v) is 5.65. The molecule has 2 aromatic rings. The van der Waals surface area contributed by atoms with Crippen molar-refractivity contribution in [2.45, 2.75) is 0 Å². The van der Waals surface area contributed by atoms with E-state index in [4.69, 9.17) is 9.84 Å². The van der Waals surface area contributed by atoms with Crippen molar-refractivity contribution in [3.8, 4) is 17.0 Å². The number of aromatic carboxylic acids is 1. The van der Waals surface area contributed by atoms with Crippen LogP contribution < -0.4 is 4.74 Å². The number of hydrogen-bond acceptors (Lipinski definition) is 3. The molecule has 0 bridgehead atoms. The molecule has 0 spiro atoms. The van der Waals surface area contributed by atoms with Crippen molar-refractivity contribution in [3.05, 3.63) is 34.2 Å². The lowest BCUT2D eigenvalue weighted by Crippen LogP contribution is -1.95. The van der Waals surface area contributed by atoms with Gasteiger partial charge < -0.3 is 9.84 Å². The Balaban J connectivity index is 2.62. The van der Waals surface area contributed by atoms with Crippen LogP contribution in [0.2, 0.25) is 0 Å². The normalized spacial score (nSPS) is 10.4. The van der Waals surface area contributed by atoms with Gasteiger partial charge in [-0.1, -0.05) is 0 Å². The highest BCUT2D eigenvalue weighted by Crippen LogP contribution is 2.37. The first kappa shape index (κ1) is 12.6. The molecule has 2 rings (SSSR count). The highest BCUT2D eigenvalue weighted by atomic mass is 79.9. The fourth-order valence-electron chi connectivity index (χ4n) is 1.53. The molecule has 0 aliphatic carbocycles. The maximum absolute atomic E-state index is 13.8. The number of halogens is 2. The fraction of sp³-hybridized carbons (Fsp3) is 0.0909. The molecule has 0 radical (unpaired) electrons. The summed E-state index contributed by atoms with van der Waals surface area (Å²) in [5, 5.41) is 14.9. The number of carboxylic acid groups (broad SMARTS) is 1. The number of carbonyl (C=O) groups is 1. The van der Waals surface area contributed by atoms with Gasteiger partial charge in [0.25, 0.3) is 0 Å². The Morgan fingerprint density at radius 1 is 1.56 bits per heavy atom. The standard InChI is InChI=1S/C11H8BrFN2O3/c1-18-10-5(12)2-3-6(13)9(10)7-4-8(11(16)17)15-14-7/h2-4H,1H3,(H,14,15)(H,16,17). The second kappa shape index (κ2) is 4.77. The maximum atomic E-state index is 13.8. The zero-order chi connectivity index (χ0) is 13.3. The number of methoxy groups -OCH3 is 1. The lowest BCUT2D eigenvalue weighted by Gasteiger charge is -2.09. The average Bonchev–Trinajstić information content (AvgIpc) is 2.81. The number of H-pyrrole nitrogens is 1. The zero-order valence-electron chi connectivity index (χ0n) is 9.20. The third-order valence-corrected chi connectivity index (χ3v) is 2.95. The predicted molar refractivity (Wildman–Crippen MR) is 65.2 cm³/mol. The molecule has 1 heterocycles. The van der Waals surface area contributed by atoms with E-state index >= 15 is 0 Å². The summed E-state index contributed by atoms with van der Waals surface area (Å²) in [6.07, 6.45) is 0. The molecule has 94 valence electrons. The van der Waals surface area contributed by atoms with E-state index in [1.54, 1.807) is 0 Å². The summed E-state index contributed by atoms with van der Waals surface area (Å²) >= 11 is 3.23. The Morgan fingerprint density at radius 2 is 2.28 bits per heavy atom. The van der Waals surface area contributed by atoms with E-state index in [1.807, 2.05) is 0 Å². The molecule has 1 aromatic heterocycles. The topological polar surface area (TPSA) is 75.2 Å². The Morgan fingerprint density at radius 3 is 2.83 bits per heavy atom. The van der Waals surface area contributed by atoms with E-state index in [9.17, 15) is 9.18 Å². The Labute approximate surface area is 110 Å². The minimum Gasteiger partial charge on any atom is -0.495 e. The maximum Gasteiger partial charge on any atom is 0.353 e. The number of rotatable bonds is 3. The molecule has 1 aromatic carbocycles. The highest BCUT2D eigenvalue weighted by Gasteiger charge is 2.19. The number of nitrogens with zero attached hydrogens (tertiary/aromatic N) is 1. The van der Waals surface area contributed by atoms with Gasteiger partial charge in [0, 0.05) is 0 Å². The van der Waals surface area contributed by atoms with E-state index in [0.29, 0.717) is 4.47 Å². The SMILES string of the molecule is COc1c(Br)ccc(F)c1-c1cc(C(=O)O)[nH]n1. The van der Waals surface area contributed by atoms with Gasteiger partial charge in [0.1, 0.15) is 17.3 Å². The summed E-state index contributed by atoms with van der Waals surface area (Å²) in [6.45, 7) is 0. The van der Waals surface area contributed by atoms with Crippen LogP contribution in [0.4, 0.5) is 4.39 Å². The van der Waals surface area contributed by atoms with Gasteiger partial charge in [0.05, 0.1) is 22.8 Å². The van der Waals surface area contributed by atoms with Crippen LogP contribution in [0.25, 0.3) is 11.3 Å². The van der Waals surface area contributed by atoms with Gasteiger partial charge in [-0.05, 0) is 34.1 Å². The van der Waals surface area contributed by atoms with Crippen LogP contribution >= 0.6 is 15.9 Å². The molecular formula is C11H8BrFN2O3. The van der Waals surface area contributed by atoms with Gasteiger partial charge in [-0.2, -0.15) is 5.10 Å². The molecule has 2 N–H and O–H groups in total. The molecule has 7 heteroatoms. The predicted octanol–water partition coefficient (Wildman–Crippen LogP) is 2.69. The molecular weight excluding hydrogens is 307 g/mol. The second-order valence-electron chi connectivity index (χ2n) is 3.41. The smallest absolute Gasteiger partial charge is 0.353 e. The Hall–Kier alpha value is -1.89. The van der Waals surface area contributed by atoms with E-state index < -0.39 is 11.8 Å². The van der Waals surface area contributed by atoms with Gasteiger partial charge in [-0.15, -0.1) is 0 Å². The first-order chi connectivity index (χ1) is 8.54. The molecule has 0 aliphatic heterocycles. The van der Waals surface area contributed by atoms with E-state index in [0.717, 1.165) is 0 Å². The Bertz CT molecular complexity index is 612. The van der Waals surface area contributed by atoms with E-state index in [-0.39, 0.29) is 22.7 Å². The largest absolute Gasteiger partial charge is 0.495 e. The van der Waals surface area contributed by atoms with Crippen molar-refractivity contribution in [2.75, 3.05) is 7.11 Å². The Kier molecular flexibility index (Phi) is 3.33. The quantitative estimate of drug-likeness (QED) is 0.913. The number of aromatic amines is 1. The molecule has 0 saturated carbocycles. The number of carboxylic acids is 1. The van der Waals surface area contributed by atoms with Crippen molar-refractivity contribution in [2.24, 2.45) is 0 Å². The molecule has 0 fully saturated rings. The van der Waals surface area contributed by atoms with Gasteiger partial charge >= 0.3 is 5.97 Å². The van der Waals surface area contributed by atoms with Crippen LogP contribution in [0.1, 0.15) is 10.5 Å². The van der Waals surface area contributed by atoms with Crippen LogP contribution in [0, 0.1) is 5.82 Å². The van der Waals surface area contributed by atoms with Gasteiger partial charge in [-0.25, -0.2) is 9.18 Å². The van der Waals surface area contributed by atoms with Crippen molar-refractivity contribution < 1.29 is 19.0 Å². The van der Waals surface area contributed by atoms with Crippen LogP contribution in [0.5, 0.6) is 5.75 Å². The fourth-order valence-corrected chi connectivity index (χ4v) is 2.02. The zero-order valence-corrected chi connectivity index (χ0v) is 10.8. The van der Waals surface area contributed by atoms with Gasteiger partial charge in [0.2, 0.25) is 0 Å². The highest BCUT2D eigenvalue weighted by molar-refractivity contribution is 9.10. The summed E-state index contributed by atoms with van der Waals surface area (Å²) in [7, 11) is 1.40. The number of nitrogens with one attached hydrogen (secondary N) is 1. The first-order valence-electron chi connectivity index (χ1n) is 4.85. The van der Waals surface area contributed by atoms with Crippen LogP contribution in [0.3, 0.4) is 0 Å². The van der Waals surface area contributed by atoms with Crippen molar-refractivity contribution in [3.63, 3.8) is 0 Å². The van der Waals surface area contributed by atoms with E-state index in [1.165, 1.54) is 25.3 Å². The van der Waals surface area contributed by atoms with Crippen LogP contribution in [-0.4, -0.2) is 28.4 Å². The van der Waals surface area contributed by atoms with Crippen molar-refractivity contribution >= 4 is 21.9 Å². The average molecular weight is 315 g/mol. The monoisotopic (exact) mass is 314 g/mol. The lowest BCUT2D eigenvalue weighted by molar-refractivity contribution is 0.0690.